The number of aromatic nitrogens is 3. The molecule has 2 N–H and O–H groups in total. The van der Waals surface area contributed by atoms with E-state index in [2.05, 4.69) is 20.7 Å². The van der Waals surface area contributed by atoms with Gasteiger partial charge in [-0.3, -0.25) is 14.5 Å². The summed E-state index contributed by atoms with van der Waals surface area (Å²) >= 11 is 0. The van der Waals surface area contributed by atoms with Gasteiger partial charge in [-0.25, -0.2) is 0 Å². The van der Waals surface area contributed by atoms with E-state index < -0.39 is 0 Å². The van der Waals surface area contributed by atoms with Gasteiger partial charge < -0.3 is 10.6 Å². The number of carbonyl (C=O) groups excluding carboxylic acids is 1. The summed E-state index contributed by atoms with van der Waals surface area (Å²) < 4.78 is 1.71. The minimum Gasteiger partial charge on any atom is -0.353 e. The highest BCUT2D eigenvalue weighted by Gasteiger charge is 2.07. The second kappa shape index (κ2) is 6.09. The summed E-state index contributed by atoms with van der Waals surface area (Å²) in [7, 11) is 1.85. The van der Waals surface area contributed by atoms with E-state index in [0.717, 1.165) is 11.4 Å². The van der Waals surface area contributed by atoms with Crippen molar-refractivity contribution in [1.82, 2.24) is 14.8 Å². The lowest BCUT2D eigenvalue weighted by atomic mass is 10.2. The number of aryl methyl sites for hydroxylation is 1. The molecule has 0 bridgehead atoms. The Labute approximate surface area is 127 Å². The minimum atomic E-state index is -0.166. The van der Waals surface area contributed by atoms with Crippen LogP contribution < -0.4 is 10.6 Å². The van der Waals surface area contributed by atoms with Crippen LogP contribution in [0, 0.1) is 0 Å². The normalized spacial score (nSPS) is 10.2. The van der Waals surface area contributed by atoms with Crippen molar-refractivity contribution < 1.29 is 4.79 Å². The lowest BCUT2D eigenvalue weighted by molar-refractivity contribution is 0.102. The molecule has 3 rings (SSSR count). The SMILES string of the molecule is Cn1cc(Nc2cccc(C(=O)Nc3ccncc3)c2)cn1. The van der Waals surface area contributed by atoms with Crippen LogP contribution >= 0.6 is 0 Å². The molecule has 1 aromatic carbocycles. The van der Waals surface area contributed by atoms with Crippen LogP contribution in [0.25, 0.3) is 0 Å². The molecule has 0 aliphatic heterocycles. The fourth-order valence-corrected chi connectivity index (χ4v) is 2.03. The van der Waals surface area contributed by atoms with Gasteiger partial charge in [0.25, 0.3) is 5.91 Å². The van der Waals surface area contributed by atoms with Gasteiger partial charge in [-0.05, 0) is 30.3 Å². The number of anilines is 3. The molecule has 0 unspecified atom stereocenters. The van der Waals surface area contributed by atoms with Gasteiger partial charge in [-0.2, -0.15) is 5.10 Å². The number of benzene rings is 1. The van der Waals surface area contributed by atoms with E-state index in [-0.39, 0.29) is 5.91 Å². The first-order valence-corrected chi connectivity index (χ1v) is 6.78. The molecule has 0 fully saturated rings. The predicted octanol–water partition coefficient (Wildman–Crippen LogP) is 2.81. The number of rotatable bonds is 4. The van der Waals surface area contributed by atoms with Crippen molar-refractivity contribution >= 4 is 23.0 Å². The molecule has 0 radical (unpaired) electrons. The Morgan fingerprint density at radius 1 is 1.09 bits per heavy atom. The number of pyridine rings is 1. The summed E-state index contributed by atoms with van der Waals surface area (Å²) in [5.41, 5.74) is 2.99. The van der Waals surface area contributed by atoms with Crippen molar-refractivity contribution in [3.05, 3.63) is 66.7 Å². The Bertz CT molecular complexity index is 782. The quantitative estimate of drug-likeness (QED) is 0.776. The number of nitrogens with one attached hydrogen (secondary N) is 2. The van der Waals surface area contributed by atoms with E-state index in [1.165, 1.54) is 0 Å². The van der Waals surface area contributed by atoms with Crippen molar-refractivity contribution in [2.75, 3.05) is 10.6 Å². The Morgan fingerprint density at radius 2 is 1.91 bits per heavy atom. The second-order valence-corrected chi connectivity index (χ2v) is 4.80. The summed E-state index contributed by atoms with van der Waals surface area (Å²) in [5.74, 6) is -0.166. The first-order valence-electron chi connectivity index (χ1n) is 6.78. The average Bonchev–Trinajstić information content (AvgIpc) is 2.93. The van der Waals surface area contributed by atoms with Gasteiger partial charge in [0.15, 0.2) is 0 Å². The zero-order valence-electron chi connectivity index (χ0n) is 12.0. The van der Waals surface area contributed by atoms with Gasteiger partial charge in [0.1, 0.15) is 0 Å². The predicted molar refractivity (Wildman–Crippen MR) is 85.1 cm³/mol. The molecule has 22 heavy (non-hydrogen) atoms. The van der Waals surface area contributed by atoms with Crippen LogP contribution in [0.4, 0.5) is 17.1 Å². The molecule has 2 aromatic heterocycles. The highest BCUT2D eigenvalue weighted by molar-refractivity contribution is 6.04. The van der Waals surface area contributed by atoms with E-state index in [1.807, 2.05) is 25.4 Å². The molecule has 1 amide bonds. The number of amides is 1. The molecule has 110 valence electrons. The average molecular weight is 293 g/mol. The van der Waals surface area contributed by atoms with Crippen LogP contribution in [0.15, 0.2) is 61.2 Å². The zero-order valence-corrected chi connectivity index (χ0v) is 12.0. The lowest BCUT2D eigenvalue weighted by Gasteiger charge is -2.07. The largest absolute Gasteiger partial charge is 0.353 e. The van der Waals surface area contributed by atoms with Gasteiger partial charge in [0, 0.05) is 42.6 Å². The Balaban J connectivity index is 1.74. The molecule has 0 saturated carbocycles. The van der Waals surface area contributed by atoms with Crippen molar-refractivity contribution in [1.29, 1.82) is 0 Å². The molecule has 0 spiro atoms. The fourth-order valence-electron chi connectivity index (χ4n) is 2.03. The van der Waals surface area contributed by atoms with Gasteiger partial charge in [-0.15, -0.1) is 0 Å². The first-order chi connectivity index (χ1) is 10.7. The smallest absolute Gasteiger partial charge is 0.255 e. The fraction of sp³-hybridized carbons (Fsp3) is 0.0625. The number of hydrogen-bond acceptors (Lipinski definition) is 4. The van der Waals surface area contributed by atoms with E-state index >= 15 is 0 Å². The Hall–Kier alpha value is -3.15. The maximum atomic E-state index is 12.2. The van der Waals surface area contributed by atoms with Gasteiger partial charge >= 0.3 is 0 Å². The van der Waals surface area contributed by atoms with Crippen molar-refractivity contribution in [2.24, 2.45) is 7.05 Å². The molecule has 0 saturated heterocycles. The van der Waals surface area contributed by atoms with Gasteiger partial charge in [0.2, 0.25) is 0 Å². The van der Waals surface area contributed by atoms with E-state index in [4.69, 9.17) is 0 Å². The molecular weight excluding hydrogens is 278 g/mol. The third-order valence-corrected chi connectivity index (χ3v) is 3.06. The number of hydrogen-bond donors (Lipinski definition) is 2. The zero-order chi connectivity index (χ0) is 15.4. The standard InChI is InChI=1S/C16H15N5O/c1-21-11-15(10-18-21)19-14-4-2-3-12(9-14)16(22)20-13-5-7-17-8-6-13/h2-11,19H,1H3,(H,17,20,22). The van der Waals surface area contributed by atoms with E-state index in [9.17, 15) is 4.79 Å². The van der Waals surface area contributed by atoms with E-state index in [1.54, 1.807) is 47.5 Å². The van der Waals surface area contributed by atoms with Crippen LogP contribution in [-0.4, -0.2) is 20.7 Å². The first kappa shape index (κ1) is 13.8. The highest BCUT2D eigenvalue weighted by atomic mass is 16.1. The molecule has 3 aromatic rings. The lowest BCUT2D eigenvalue weighted by Crippen LogP contribution is -2.11. The second-order valence-electron chi connectivity index (χ2n) is 4.80. The van der Waals surface area contributed by atoms with Gasteiger partial charge in [0.05, 0.1) is 11.9 Å². The van der Waals surface area contributed by atoms with Crippen LogP contribution in [0.2, 0.25) is 0 Å². The third kappa shape index (κ3) is 3.29. The van der Waals surface area contributed by atoms with Crippen LogP contribution in [0.3, 0.4) is 0 Å². The maximum Gasteiger partial charge on any atom is 0.255 e. The summed E-state index contributed by atoms with van der Waals surface area (Å²) in [5, 5.41) is 10.1. The van der Waals surface area contributed by atoms with E-state index in [0.29, 0.717) is 11.3 Å². The Kier molecular flexibility index (Phi) is 3.82. The monoisotopic (exact) mass is 293 g/mol. The molecular formula is C16H15N5O. The maximum absolute atomic E-state index is 12.2. The highest BCUT2D eigenvalue weighted by Crippen LogP contribution is 2.17. The molecule has 6 heteroatoms. The number of nitrogens with zero attached hydrogens (tertiary/aromatic N) is 3. The topological polar surface area (TPSA) is 71.8 Å². The van der Waals surface area contributed by atoms with Crippen molar-refractivity contribution in [2.45, 2.75) is 0 Å². The molecule has 0 atom stereocenters. The van der Waals surface area contributed by atoms with Crippen molar-refractivity contribution in [3.63, 3.8) is 0 Å². The van der Waals surface area contributed by atoms with Gasteiger partial charge in [-0.1, -0.05) is 6.07 Å². The molecule has 6 nitrogen and oxygen atoms in total. The summed E-state index contributed by atoms with van der Waals surface area (Å²) in [4.78, 5) is 16.2. The van der Waals surface area contributed by atoms with Crippen molar-refractivity contribution in [3.8, 4) is 0 Å². The van der Waals surface area contributed by atoms with Crippen LogP contribution in [0.5, 0.6) is 0 Å². The minimum absolute atomic E-state index is 0.166. The molecule has 0 aliphatic rings. The Morgan fingerprint density at radius 3 is 2.64 bits per heavy atom. The van der Waals surface area contributed by atoms with Crippen LogP contribution in [-0.2, 0) is 7.05 Å². The summed E-state index contributed by atoms with van der Waals surface area (Å²) in [6, 6.07) is 10.8. The molecule has 0 aliphatic carbocycles. The number of carbonyl (C=O) groups is 1. The third-order valence-electron chi connectivity index (χ3n) is 3.06. The summed E-state index contributed by atoms with van der Waals surface area (Å²) in [6.45, 7) is 0. The molecule has 2 heterocycles. The van der Waals surface area contributed by atoms with Crippen LogP contribution in [0.1, 0.15) is 10.4 Å². The summed E-state index contributed by atoms with van der Waals surface area (Å²) in [6.07, 6.45) is 6.86.